The molecule has 29 heavy (non-hydrogen) atoms. The van der Waals surface area contributed by atoms with Crippen LogP contribution < -0.4 is 11.2 Å². The molecule has 12 heteroatoms. The Hall–Kier alpha value is -3.64. The van der Waals surface area contributed by atoms with Crippen molar-refractivity contribution in [3.05, 3.63) is 47.3 Å². The predicted octanol–water partition coefficient (Wildman–Crippen LogP) is -0.171. The molecule has 0 saturated carbocycles. The number of nitrogens with one attached hydrogen (secondary N) is 1. The number of aromatic nitrogens is 5. The van der Waals surface area contributed by atoms with Gasteiger partial charge in [-0.1, -0.05) is 35.5 Å². The van der Waals surface area contributed by atoms with Gasteiger partial charge in [-0.2, -0.15) is 9.78 Å². The Bertz CT molecular complexity index is 993. The van der Waals surface area contributed by atoms with Crippen LogP contribution in [-0.4, -0.2) is 68.6 Å². The second kappa shape index (κ2) is 8.58. The number of hydrogen-bond donors (Lipinski definition) is 2. The molecule has 0 spiro atoms. The van der Waals surface area contributed by atoms with Gasteiger partial charge in [0.05, 0.1) is 19.4 Å². The van der Waals surface area contributed by atoms with Gasteiger partial charge in [0.2, 0.25) is 11.6 Å². The van der Waals surface area contributed by atoms with Crippen molar-refractivity contribution in [1.29, 1.82) is 0 Å². The Kier molecular flexibility index (Phi) is 5.54. The molecule has 1 amide bonds. The van der Waals surface area contributed by atoms with E-state index in [4.69, 9.17) is 10.5 Å². The molecule has 0 aliphatic carbocycles. The predicted molar refractivity (Wildman–Crippen MR) is 101 cm³/mol. The zero-order valence-electron chi connectivity index (χ0n) is 15.4. The van der Waals surface area contributed by atoms with Crippen LogP contribution in [0.4, 0.5) is 5.82 Å². The standard InChI is InChI=1S/C17H19N9O3/c18-15-16(23-29-22-15)26-14(13(20-24-26)11-25-6-8-28-9-7-25)17(27)21-19-10-12-4-2-1-3-5-12/h1-5,10H,6-9,11H2,(H2,18,22)(H,21,27). The lowest BCUT2D eigenvalue weighted by molar-refractivity contribution is 0.0335. The fourth-order valence-corrected chi connectivity index (χ4v) is 2.86. The lowest BCUT2D eigenvalue weighted by atomic mass is 10.2. The van der Waals surface area contributed by atoms with Crippen LogP contribution in [0.5, 0.6) is 0 Å². The smallest absolute Gasteiger partial charge is 0.292 e. The van der Waals surface area contributed by atoms with Gasteiger partial charge >= 0.3 is 0 Å². The molecule has 12 nitrogen and oxygen atoms in total. The quantitative estimate of drug-likeness (QED) is 0.427. The van der Waals surface area contributed by atoms with E-state index in [1.807, 2.05) is 30.3 Å². The minimum absolute atomic E-state index is 0.00495. The summed E-state index contributed by atoms with van der Waals surface area (Å²) in [7, 11) is 0. The number of rotatable bonds is 6. The molecule has 2 aromatic heterocycles. The van der Waals surface area contributed by atoms with Gasteiger partial charge in [-0.05, 0) is 15.9 Å². The van der Waals surface area contributed by atoms with Crippen molar-refractivity contribution in [1.82, 2.24) is 35.6 Å². The SMILES string of the molecule is Nc1nonc1-n1nnc(CN2CCOCC2)c1C(=O)NN=Cc1ccccc1. The number of hydrazone groups is 1. The van der Waals surface area contributed by atoms with Crippen LogP contribution in [0.15, 0.2) is 40.1 Å². The number of hydrogen-bond acceptors (Lipinski definition) is 10. The summed E-state index contributed by atoms with van der Waals surface area (Å²) >= 11 is 0. The van der Waals surface area contributed by atoms with E-state index < -0.39 is 5.91 Å². The number of carbonyl (C=O) groups excluding carboxylic acids is 1. The number of nitrogens with zero attached hydrogens (tertiary/aromatic N) is 7. The van der Waals surface area contributed by atoms with Crippen LogP contribution >= 0.6 is 0 Å². The highest BCUT2D eigenvalue weighted by Crippen LogP contribution is 2.17. The first-order valence-corrected chi connectivity index (χ1v) is 8.94. The highest BCUT2D eigenvalue weighted by atomic mass is 16.6. The molecule has 1 aromatic carbocycles. The van der Waals surface area contributed by atoms with E-state index in [-0.39, 0.29) is 17.3 Å². The third-order valence-corrected chi connectivity index (χ3v) is 4.31. The summed E-state index contributed by atoms with van der Waals surface area (Å²) in [4.78, 5) is 15.0. The maximum Gasteiger partial charge on any atom is 0.292 e. The average molecular weight is 397 g/mol. The minimum Gasteiger partial charge on any atom is -0.379 e. The number of morpholine rings is 1. The molecular formula is C17H19N9O3. The largest absolute Gasteiger partial charge is 0.379 e. The lowest BCUT2D eigenvalue weighted by Gasteiger charge is -2.25. The van der Waals surface area contributed by atoms with Gasteiger partial charge in [-0.3, -0.25) is 9.69 Å². The van der Waals surface area contributed by atoms with E-state index in [2.05, 4.69) is 40.7 Å². The fraction of sp³-hybridized carbons (Fsp3) is 0.294. The second-order valence-corrected chi connectivity index (χ2v) is 6.27. The summed E-state index contributed by atoms with van der Waals surface area (Å²) in [5, 5.41) is 19.4. The van der Waals surface area contributed by atoms with E-state index in [0.717, 1.165) is 18.7 Å². The van der Waals surface area contributed by atoms with E-state index in [1.165, 1.54) is 4.68 Å². The lowest BCUT2D eigenvalue weighted by Crippen LogP contribution is -2.36. The first-order valence-electron chi connectivity index (χ1n) is 8.94. The Balaban J connectivity index is 1.59. The van der Waals surface area contributed by atoms with Crippen LogP contribution in [0.2, 0.25) is 0 Å². The number of carbonyl (C=O) groups is 1. The minimum atomic E-state index is -0.507. The van der Waals surface area contributed by atoms with Crippen molar-refractivity contribution in [2.24, 2.45) is 5.10 Å². The highest BCUT2D eigenvalue weighted by molar-refractivity contribution is 5.95. The maximum atomic E-state index is 12.9. The average Bonchev–Trinajstić information content (AvgIpc) is 3.35. The van der Waals surface area contributed by atoms with Crippen molar-refractivity contribution in [2.45, 2.75) is 6.54 Å². The number of nitrogen functional groups attached to an aromatic ring is 1. The first-order chi connectivity index (χ1) is 14.2. The highest BCUT2D eigenvalue weighted by Gasteiger charge is 2.26. The second-order valence-electron chi connectivity index (χ2n) is 6.27. The summed E-state index contributed by atoms with van der Waals surface area (Å²) in [6, 6.07) is 9.39. The van der Waals surface area contributed by atoms with Crippen molar-refractivity contribution >= 4 is 17.9 Å². The number of benzene rings is 1. The molecule has 0 unspecified atom stereocenters. The summed E-state index contributed by atoms with van der Waals surface area (Å²) in [5.41, 5.74) is 9.73. The molecule has 0 radical (unpaired) electrons. The van der Waals surface area contributed by atoms with Crippen LogP contribution in [0.25, 0.3) is 5.82 Å². The van der Waals surface area contributed by atoms with Gasteiger partial charge in [0, 0.05) is 19.6 Å². The summed E-state index contributed by atoms with van der Waals surface area (Å²) in [5.74, 6) is -0.426. The third-order valence-electron chi connectivity index (χ3n) is 4.31. The molecule has 0 atom stereocenters. The Morgan fingerprint density at radius 2 is 2.03 bits per heavy atom. The summed E-state index contributed by atoms with van der Waals surface area (Å²) in [6.07, 6.45) is 1.54. The normalized spacial score (nSPS) is 15.0. The Morgan fingerprint density at radius 1 is 1.24 bits per heavy atom. The zero-order chi connectivity index (χ0) is 20.1. The number of nitrogens with two attached hydrogens (primary N) is 1. The van der Waals surface area contributed by atoms with Crippen LogP contribution in [0.1, 0.15) is 21.7 Å². The van der Waals surface area contributed by atoms with Gasteiger partial charge in [0.1, 0.15) is 5.69 Å². The molecule has 3 heterocycles. The molecule has 3 aromatic rings. The van der Waals surface area contributed by atoms with Crippen LogP contribution in [-0.2, 0) is 11.3 Å². The fourth-order valence-electron chi connectivity index (χ4n) is 2.86. The van der Waals surface area contributed by atoms with Crippen LogP contribution in [0, 0.1) is 0 Å². The third kappa shape index (κ3) is 4.28. The van der Waals surface area contributed by atoms with Crippen molar-refractivity contribution in [3.63, 3.8) is 0 Å². The molecule has 1 saturated heterocycles. The van der Waals surface area contributed by atoms with Crippen LogP contribution in [0.3, 0.4) is 0 Å². The summed E-state index contributed by atoms with van der Waals surface area (Å²) < 4.78 is 11.2. The van der Waals surface area contributed by atoms with E-state index >= 15 is 0 Å². The van der Waals surface area contributed by atoms with Gasteiger partial charge in [-0.15, -0.1) is 5.10 Å². The van der Waals surface area contributed by atoms with E-state index in [9.17, 15) is 4.79 Å². The molecular weight excluding hydrogens is 378 g/mol. The molecule has 150 valence electrons. The van der Waals surface area contributed by atoms with Crippen molar-refractivity contribution < 1.29 is 14.2 Å². The molecule has 0 bridgehead atoms. The van der Waals surface area contributed by atoms with E-state index in [1.54, 1.807) is 6.21 Å². The Morgan fingerprint density at radius 3 is 2.76 bits per heavy atom. The number of amides is 1. The van der Waals surface area contributed by atoms with E-state index in [0.29, 0.717) is 25.5 Å². The molecule has 1 fully saturated rings. The van der Waals surface area contributed by atoms with Crippen molar-refractivity contribution in [2.75, 3.05) is 32.0 Å². The van der Waals surface area contributed by atoms with Gasteiger partial charge in [0.25, 0.3) is 5.91 Å². The Labute approximate surface area is 165 Å². The zero-order valence-corrected chi connectivity index (χ0v) is 15.4. The molecule has 1 aliphatic heterocycles. The van der Waals surface area contributed by atoms with Gasteiger partial charge < -0.3 is 10.5 Å². The topological polar surface area (TPSA) is 150 Å². The van der Waals surface area contributed by atoms with Crippen molar-refractivity contribution in [3.8, 4) is 5.82 Å². The monoisotopic (exact) mass is 397 g/mol. The van der Waals surface area contributed by atoms with Gasteiger partial charge in [-0.25, -0.2) is 10.1 Å². The number of ether oxygens (including phenoxy) is 1. The molecule has 3 N–H and O–H groups in total. The molecule has 4 rings (SSSR count). The van der Waals surface area contributed by atoms with Gasteiger partial charge in [0.15, 0.2) is 5.69 Å². The number of anilines is 1. The molecule has 1 aliphatic rings. The maximum absolute atomic E-state index is 12.9. The first kappa shape index (κ1) is 18.7. The summed E-state index contributed by atoms with van der Waals surface area (Å²) in [6.45, 7) is 3.12.